The molecule has 0 unspecified atom stereocenters. The van der Waals surface area contributed by atoms with Gasteiger partial charge in [0.15, 0.2) is 5.82 Å². The van der Waals surface area contributed by atoms with Crippen molar-refractivity contribution in [1.82, 2.24) is 30.2 Å². The first-order valence-corrected chi connectivity index (χ1v) is 10.8. The van der Waals surface area contributed by atoms with Crippen LogP contribution in [0, 0.1) is 5.82 Å². The fourth-order valence-corrected chi connectivity index (χ4v) is 3.88. The zero-order valence-corrected chi connectivity index (χ0v) is 18.8. The summed E-state index contributed by atoms with van der Waals surface area (Å²) in [5.74, 6) is 0.277. The van der Waals surface area contributed by atoms with Crippen LogP contribution in [-0.2, 0) is 13.1 Å². The number of carbonyl (C=O) groups excluding carboxylic acids is 1. The molecule has 0 fully saturated rings. The Morgan fingerprint density at radius 1 is 1.18 bits per heavy atom. The summed E-state index contributed by atoms with van der Waals surface area (Å²) in [7, 11) is 1.47. The van der Waals surface area contributed by atoms with Crippen molar-refractivity contribution in [3.05, 3.63) is 82.8 Å². The van der Waals surface area contributed by atoms with Crippen LogP contribution in [0.25, 0.3) is 5.69 Å². The summed E-state index contributed by atoms with van der Waals surface area (Å²) >= 11 is 6.27. The van der Waals surface area contributed by atoms with Crippen LogP contribution in [0.1, 0.15) is 21.7 Å². The van der Waals surface area contributed by atoms with Crippen molar-refractivity contribution in [3.8, 4) is 5.69 Å². The topological polar surface area (TPSA) is 109 Å². The highest BCUT2D eigenvalue weighted by Gasteiger charge is 2.18. The van der Waals surface area contributed by atoms with Gasteiger partial charge in [-0.2, -0.15) is 4.98 Å². The third kappa shape index (κ3) is 4.16. The van der Waals surface area contributed by atoms with Crippen LogP contribution in [0.15, 0.2) is 55.0 Å². The molecule has 5 rings (SSSR count). The predicted octanol–water partition coefficient (Wildman–Crippen LogP) is 3.90. The Morgan fingerprint density at radius 3 is 2.91 bits per heavy atom. The van der Waals surface area contributed by atoms with Gasteiger partial charge in [0.25, 0.3) is 5.91 Å². The number of fused-ring (bicyclic) bond motifs is 3. The van der Waals surface area contributed by atoms with Crippen molar-refractivity contribution in [3.63, 3.8) is 0 Å². The normalized spacial score (nSPS) is 12.3. The largest absolute Gasteiger partial charge is 0.355 e. The van der Waals surface area contributed by atoms with Crippen LogP contribution in [0.3, 0.4) is 0 Å². The lowest BCUT2D eigenvalue weighted by molar-refractivity contribution is 0.0963. The van der Waals surface area contributed by atoms with E-state index in [0.29, 0.717) is 6.54 Å². The number of anilines is 4. The maximum Gasteiger partial charge on any atom is 0.253 e. The van der Waals surface area contributed by atoms with Gasteiger partial charge in [0, 0.05) is 31.7 Å². The maximum absolute atomic E-state index is 14.5. The molecular weight excluding hydrogens is 459 g/mol. The van der Waals surface area contributed by atoms with E-state index < -0.39 is 11.7 Å². The number of nitrogens with zero attached hydrogens (tertiary/aromatic N) is 4. The van der Waals surface area contributed by atoms with Gasteiger partial charge < -0.3 is 25.8 Å². The van der Waals surface area contributed by atoms with Gasteiger partial charge in [0.05, 0.1) is 29.7 Å². The van der Waals surface area contributed by atoms with E-state index in [9.17, 15) is 9.18 Å². The molecule has 34 heavy (non-hydrogen) atoms. The Bertz CT molecular complexity index is 1390. The highest BCUT2D eigenvalue weighted by molar-refractivity contribution is 6.33. The van der Waals surface area contributed by atoms with E-state index >= 15 is 0 Å². The van der Waals surface area contributed by atoms with Crippen molar-refractivity contribution in [2.24, 2.45) is 0 Å². The second-order valence-corrected chi connectivity index (χ2v) is 7.95. The van der Waals surface area contributed by atoms with Gasteiger partial charge in [0.1, 0.15) is 16.7 Å². The molecule has 4 N–H and O–H groups in total. The SMILES string of the molecule is CNC(=O)c1cccc(F)c1Nc1nc(Nc2ccc3c(c2)-n2ccnc2CNC3)ncc1Cl. The number of para-hydroxylation sites is 1. The number of hydrogen-bond donors (Lipinski definition) is 4. The monoisotopic (exact) mass is 478 g/mol. The van der Waals surface area contributed by atoms with Gasteiger partial charge in [-0.05, 0) is 29.8 Å². The Balaban J connectivity index is 1.45. The van der Waals surface area contributed by atoms with Gasteiger partial charge in [-0.25, -0.2) is 14.4 Å². The van der Waals surface area contributed by atoms with E-state index in [1.54, 1.807) is 6.20 Å². The van der Waals surface area contributed by atoms with E-state index in [0.717, 1.165) is 29.3 Å². The van der Waals surface area contributed by atoms with Crippen LogP contribution in [0.5, 0.6) is 0 Å². The number of aromatic nitrogens is 4. The molecule has 2 aromatic carbocycles. The standard InChI is InChI=1S/C23H20ClFN8O/c1-26-22(34)15-3-2-4-17(25)20(15)31-21-16(24)11-29-23(32-21)30-14-6-5-13-10-27-12-19-28-7-8-33(19)18(13)9-14/h2-9,11,27H,10,12H2,1H3,(H,26,34)(H2,29,30,31,32). The van der Waals surface area contributed by atoms with Gasteiger partial charge in [-0.3, -0.25) is 4.79 Å². The van der Waals surface area contributed by atoms with Crippen LogP contribution < -0.4 is 21.3 Å². The van der Waals surface area contributed by atoms with E-state index in [4.69, 9.17) is 11.6 Å². The summed E-state index contributed by atoms with van der Waals surface area (Å²) in [5, 5.41) is 12.0. The Hall–Kier alpha value is -4.02. The Kier molecular flexibility index (Phi) is 5.83. The molecule has 1 aliphatic rings. The van der Waals surface area contributed by atoms with Crippen LogP contribution in [0.4, 0.5) is 27.5 Å². The fourth-order valence-electron chi connectivity index (χ4n) is 3.75. The fraction of sp³-hybridized carbons (Fsp3) is 0.130. The molecule has 0 bridgehead atoms. The van der Waals surface area contributed by atoms with Gasteiger partial charge >= 0.3 is 0 Å². The molecule has 0 radical (unpaired) electrons. The highest BCUT2D eigenvalue weighted by atomic mass is 35.5. The van der Waals surface area contributed by atoms with Crippen LogP contribution >= 0.6 is 11.6 Å². The third-order valence-electron chi connectivity index (χ3n) is 5.39. The number of carbonyl (C=O) groups is 1. The molecule has 11 heteroatoms. The Labute approximate surface area is 199 Å². The van der Waals surface area contributed by atoms with Crippen LogP contribution in [-0.4, -0.2) is 32.5 Å². The summed E-state index contributed by atoms with van der Waals surface area (Å²) in [6.07, 6.45) is 5.09. The molecule has 0 saturated heterocycles. The van der Waals surface area contributed by atoms with Crippen molar-refractivity contribution in [1.29, 1.82) is 0 Å². The number of nitrogens with one attached hydrogen (secondary N) is 4. The first-order valence-electron chi connectivity index (χ1n) is 10.5. The summed E-state index contributed by atoms with van der Waals surface area (Å²) in [6.45, 7) is 1.40. The molecule has 1 amide bonds. The van der Waals surface area contributed by atoms with E-state index in [-0.39, 0.29) is 28.0 Å². The van der Waals surface area contributed by atoms with E-state index in [1.807, 2.05) is 29.0 Å². The zero-order chi connectivity index (χ0) is 23.7. The smallest absolute Gasteiger partial charge is 0.253 e. The summed E-state index contributed by atoms with van der Waals surface area (Å²) in [5.41, 5.74) is 2.98. The summed E-state index contributed by atoms with van der Waals surface area (Å²) in [4.78, 5) is 25.2. The molecular formula is C23H20ClFN8O. The van der Waals surface area contributed by atoms with Gasteiger partial charge in [0.2, 0.25) is 5.95 Å². The lowest BCUT2D eigenvalue weighted by atomic mass is 10.1. The van der Waals surface area contributed by atoms with E-state index in [2.05, 4.69) is 36.2 Å². The molecule has 172 valence electrons. The molecule has 0 aliphatic carbocycles. The minimum absolute atomic E-state index is 0.0291. The van der Waals surface area contributed by atoms with Crippen molar-refractivity contribution < 1.29 is 9.18 Å². The average molecular weight is 479 g/mol. The maximum atomic E-state index is 14.5. The molecule has 3 heterocycles. The lowest BCUT2D eigenvalue weighted by Crippen LogP contribution is -2.19. The van der Waals surface area contributed by atoms with Gasteiger partial charge in [-0.1, -0.05) is 23.7 Å². The molecule has 0 spiro atoms. The summed E-state index contributed by atoms with van der Waals surface area (Å²) < 4.78 is 16.6. The molecule has 1 aliphatic heterocycles. The predicted molar refractivity (Wildman–Crippen MR) is 128 cm³/mol. The van der Waals surface area contributed by atoms with Crippen molar-refractivity contribution >= 4 is 40.6 Å². The first kappa shape index (κ1) is 21.8. The number of halogens is 2. The number of imidazole rings is 1. The number of amides is 1. The average Bonchev–Trinajstić information content (AvgIpc) is 3.24. The van der Waals surface area contributed by atoms with Crippen molar-refractivity contribution in [2.45, 2.75) is 13.1 Å². The van der Waals surface area contributed by atoms with Gasteiger partial charge in [-0.15, -0.1) is 0 Å². The Morgan fingerprint density at radius 2 is 2.06 bits per heavy atom. The quantitative estimate of drug-likeness (QED) is 0.344. The number of rotatable bonds is 5. The minimum atomic E-state index is -0.610. The lowest BCUT2D eigenvalue weighted by Gasteiger charge is -2.14. The minimum Gasteiger partial charge on any atom is -0.355 e. The third-order valence-corrected chi connectivity index (χ3v) is 5.67. The van der Waals surface area contributed by atoms with Crippen molar-refractivity contribution in [2.75, 3.05) is 17.7 Å². The number of hydrogen-bond acceptors (Lipinski definition) is 7. The zero-order valence-electron chi connectivity index (χ0n) is 18.1. The second-order valence-electron chi connectivity index (χ2n) is 7.54. The molecule has 0 saturated carbocycles. The van der Waals surface area contributed by atoms with Crippen LogP contribution in [0.2, 0.25) is 5.02 Å². The summed E-state index contributed by atoms with van der Waals surface area (Å²) in [6, 6.07) is 10.1. The molecule has 0 atom stereocenters. The number of benzene rings is 2. The molecule has 2 aromatic heterocycles. The first-order chi connectivity index (χ1) is 16.5. The molecule has 9 nitrogen and oxygen atoms in total. The molecule has 4 aromatic rings. The van der Waals surface area contributed by atoms with E-state index in [1.165, 1.54) is 31.4 Å². The second kappa shape index (κ2) is 9.08. The highest BCUT2D eigenvalue weighted by Crippen LogP contribution is 2.30.